The molecule has 0 spiro atoms. The Balaban J connectivity index is 1.86. The number of benzene rings is 1. The second-order valence-electron chi connectivity index (χ2n) is 7.23. The quantitative estimate of drug-likeness (QED) is 0.351. The first kappa shape index (κ1) is 20.4. The topological polar surface area (TPSA) is 128 Å². The first-order chi connectivity index (χ1) is 14.8. The number of nitrogens with one attached hydrogen (secondary N) is 1. The van der Waals surface area contributed by atoms with E-state index in [2.05, 4.69) is 16.9 Å². The molecule has 3 aromatic rings. The number of ketones is 2. The van der Waals surface area contributed by atoms with Gasteiger partial charge in [-0.3, -0.25) is 24.7 Å². The maximum Gasteiger partial charge on any atom is 0.270 e. The van der Waals surface area contributed by atoms with E-state index in [0.29, 0.717) is 16.3 Å². The molecule has 2 aromatic heterocycles. The van der Waals surface area contributed by atoms with Crippen LogP contribution < -0.4 is 11.1 Å². The molecule has 1 aliphatic heterocycles. The lowest BCUT2D eigenvalue weighted by Crippen LogP contribution is -2.30. The van der Waals surface area contributed by atoms with Gasteiger partial charge in [-0.05, 0) is 18.6 Å². The first-order valence-corrected chi connectivity index (χ1v) is 10.2. The second kappa shape index (κ2) is 7.77. The number of nitrogen functional groups attached to an aromatic ring is 1. The van der Waals surface area contributed by atoms with Crippen LogP contribution in [0.5, 0.6) is 0 Å². The maximum absolute atomic E-state index is 13.2. The van der Waals surface area contributed by atoms with E-state index < -0.39 is 22.5 Å². The van der Waals surface area contributed by atoms with Crippen LogP contribution in [0.15, 0.2) is 61.1 Å². The summed E-state index contributed by atoms with van der Waals surface area (Å²) in [5, 5.41) is 14.8. The summed E-state index contributed by atoms with van der Waals surface area (Å²) in [4.78, 5) is 40.6. The van der Waals surface area contributed by atoms with Crippen LogP contribution >= 0.6 is 11.3 Å². The summed E-state index contributed by atoms with van der Waals surface area (Å²) in [6.07, 6.45) is 3.31. The van der Waals surface area contributed by atoms with Gasteiger partial charge in [0.15, 0.2) is 0 Å². The Bertz CT molecular complexity index is 1240. The second-order valence-corrected chi connectivity index (χ2v) is 8.25. The number of anilines is 2. The van der Waals surface area contributed by atoms with Gasteiger partial charge < -0.3 is 11.1 Å². The Labute approximate surface area is 181 Å². The smallest absolute Gasteiger partial charge is 0.270 e. The zero-order valence-corrected chi connectivity index (χ0v) is 17.3. The molecule has 1 aliphatic rings. The van der Waals surface area contributed by atoms with Gasteiger partial charge in [0, 0.05) is 47.3 Å². The molecule has 0 saturated carbocycles. The zero-order valence-electron chi connectivity index (χ0n) is 16.5. The number of nitrogens with zero attached hydrogens (tertiary/aromatic N) is 2. The average molecular weight is 434 g/mol. The number of thiophene rings is 1. The van der Waals surface area contributed by atoms with E-state index in [1.54, 1.807) is 18.5 Å². The molecule has 0 unspecified atom stereocenters. The molecule has 4 rings (SSSR count). The highest BCUT2D eigenvalue weighted by atomic mass is 32.1. The summed E-state index contributed by atoms with van der Waals surface area (Å²) in [6.45, 7) is 5.51. The number of carbonyl (C=O) groups is 2. The molecule has 8 nitrogen and oxygen atoms in total. The van der Waals surface area contributed by atoms with E-state index in [0.717, 1.165) is 16.9 Å². The van der Waals surface area contributed by atoms with Crippen molar-refractivity contribution in [2.45, 2.75) is 12.8 Å². The Morgan fingerprint density at radius 1 is 1.29 bits per heavy atom. The largest absolute Gasteiger partial charge is 0.397 e. The fraction of sp³-hybridized carbons (Fsp3) is 0.136. The summed E-state index contributed by atoms with van der Waals surface area (Å²) in [6, 6.07) is 9.14. The van der Waals surface area contributed by atoms with Crippen LogP contribution in [0.3, 0.4) is 0 Å². The molecule has 3 N–H and O–H groups in total. The Morgan fingerprint density at radius 2 is 2.06 bits per heavy atom. The van der Waals surface area contributed by atoms with Crippen molar-refractivity contribution in [3.8, 4) is 0 Å². The normalized spacial score (nSPS) is 17.5. The summed E-state index contributed by atoms with van der Waals surface area (Å²) in [5.41, 5.74) is 8.62. The van der Waals surface area contributed by atoms with E-state index >= 15 is 0 Å². The van der Waals surface area contributed by atoms with Crippen LogP contribution in [0.2, 0.25) is 0 Å². The minimum Gasteiger partial charge on any atom is -0.397 e. The van der Waals surface area contributed by atoms with Crippen molar-refractivity contribution in [1.29, 1.82) is 0 Å². The van der Waals surface area contributed by atoms with Crippen molar-refractivity contribution in [1.82, 2.24) is 4.98 Å². The molecule has 1 aromatic carbocycles. The van der Waals surface area contributed by atoms with E-state index in [9.17, 15) is 19.7 Å². The van der Waals surface area contributed by atoms with Crippen molar-refractivity contribution in [2.24, 2.45) is 5.92 Å². The van der Waals surface area contributed by atoms with E-state index in [1.165, 1.54) is 31.2 Å². The van der Waals surface area contributed by atoms with E-state index in [1.807, 2.05) is 6.07 Å². The van der Waals surface area contributed by atoms with Crippen LogP contribution in [-0.2, 0) is 4.79 Å². The number of hydrogen-bond acceptors (Lipinski definition) is 8. The highest BCUT2D eigenvalue weighted by molar-refractivity contribution is 7.19. The number of carbonyl (C=O) groups excluding carboxylic acids is 2. The van der Waals surface area contributed by atoms with E-state index in [-0.39, 0.29) is 27.6 Å². The van der Waals surface area contributed by atoms with Gasteiger partial charge in [0.1, 0.15) is 10.7 Å². The predicted molar refractivity (Wildman–Crippen MR) is 118 cm³/mol. The van der Waals surface area contributed by atoms with Gasteiger partial charge in [-0.15, -0.1) is 11.3 Å². The van der Waals surface area contributed by atoms with E-state index in [4.69, 9.17) is 5.73 Å². The van der Waals surface area contributed by atoms with Crippen molar-refractivity contribution in [3.05, 3.63) is 92.7 Å². The van der Waals surface area contributed by atoms with Gasteiger partial charge in [-0.25, -0.2) is 0 Å². The van der Waals surface area contributed by atoms with Crippen molar-refractivity contribution in [2.75, 3.05) is 11.1 Å². The van der Waals surface area contributed by atoms with Gasteiger partial charge >= 0.3 is 0 Å². The number of nitrogens with two attached hydrogens (primary N) is 1. The molecule has 156 valence electrons. The van der Waals surface area contributed by atoms with Gasteiger partial charge in [0.25, 0.3) is 5.69 Å². The Morgan fingerprint density at radius 3 is 2.71 bits per heavy atom. The van der Waals surface area contributed by atoms with Gasteiger partial charge in [0.05, 0.1) is 21.5 Å². The Hall–Kier alpha value is -3.85. The third kappa shape index (κ3) is 3.49. The molecule has 9 heteroatoms. The van der Waals surface area contributed by atoms with Crippen LogP contribution in [0.1, 0.15) is 39.2 Å². The lowest BCUT2D eigenvalue weighted by Gasteiger charge is -2.33. The number of rotatable bonds is 5. The van der Waals surface area contributed by atoms with Crippen LogP contribution in [0.25, 0.3) is 0 Å². The maximum atomic E-state index is 13.2. The number of Topliss-reactive ketones (excluding diaryl/α,β-unsaturated/α-hetero) is 1. The number of non-ortho nitro benzene ring substituents is 1. The minimum atomic E-state index is -0.575. The highest BCUT2D eigenvalue weighted by Gasteiger charge is 2.40. The minimum absolute atomic E-state index is 0.0887. The number of pyridine rings is 1. The number of allylic oxidation sites excluding steroid dienone is 1. The molecule has 3 heterocycles. The monoisotopic (exact) mass is 434 g/mol. The van der Waals surface area contributed by atoms with Crippen molar-refractivity contribution in [3.63, 3.8) is 0 Å². The molecular formula is C22H18N4O4S. The van der Waals surface area contributed by atoms with Gasteiger partial charge in [-0.1, -0.05) is 24.8 Å². The van der Waals surface area contributed by atoms with Crippen LogP contribution in [0.4, 0.5) is 16.4 Å². The van der Waals surface area contributed by atoms with Crippen LogP contribution in [0, 0.1) is 16.0 Å². The van der Waals surface area contributed by atoms with Gasteiger partial charge in [-0.2, -0.15) is 0 Å². The molecular weight excluding hydrogens is 416 g/mol. The third-order valence-corrected chi connectivity index (χ3v) is 6.42. The lowest BCUT2D eigenvalue weighted by atomic mass is 9.75. The van der Waals surface area contributed by atoms with Crippen molar-refractivity contribution < 1.29 is 14.5 Å². The molecule has 0 bridgehead atoms. The molecule has 31 heavy (non-hydrogen) atoms. The molecule has 0 amide bonds. The SMILES string of the molecule is C=C1Nc2sc(C(=O)c3cccc([N+](=O)[O-])c3)c(N)c2[C@@H](c2cccnc2)[C@@H]1C(C)=O. The highest BCUT2D eigenvalue weighted by Crippen LogP contribution is 2.51. The molecule has 2 atom stereocenters. The summed E-state index contributed by atoms with van der Waals surface area (Å²) < 4.78 is 0. The molecule has 0 saturated heterocycles. The number of hydrogen-bond donors (Lipinski definition) is 2. The third-order valence-electron chi connectivity index (χ3n) is 5.28. The number of fused-ring (bicyclic) bond motifs is 1. The summed E-state index contributed by atoms with van der Waals surface area (Å²) in [5.74, 6) is -1.53. The fourth-order valence-corrected chi connectivity index (χ4v) is 5.07. The number of nitro benzene ring substituents is 1. The van der Waals surface area contributed by atoms with Crippen molar-refractivity contribution >= 4 is 39.3 Å². The molecule has 0 aliphatic carbocycles. The lowest BCUT2D eigenvalue weighted by molar-refractivity contribution is -0.384. The van der Waals surface area contributed by atoms with Crippen LogP contribution in [-0.4, -0.2) is 21.5 Å². The standard InChI is InChI=1S/C22H18N4O4S/c1-11-16(12(2)27)17(14-6-4-8-24-10-14)18-19(23)21(31-22(18)25-11)20(28)13-5-3-7-15(9-13)26(29)30/h3-10,16-17,25H,1,23H2,2H3/t16-,17-/m0/s1. The summed E-state index contributed by atoms with van der Waals surface area (Å²) >= 11 is 1.15. The first-order valence-electron chi connectivity index (χ1n) is 9.37. The zero-order chi connectivity index (χ0) is 22.3. The Kier molecular flexibility index (Phi) is 5.12. The number of aromatic nitrogens is 1. The predicted octanol–water partition coefficient (Wildman–Crippen LogP) is 4.14. The molecule has 0 fully saturated rings. The van der Waals surface area contributed by atoms with Gasteiger partial charge in [0.2, 0.25) is 5.78 Å². The fourth-order valence-electron chi connectivity index (χ4n) is 3.91. The summed E-state index contributed by atoms with van der Waals surface area (Å²) in [7, 11) is 0. The molecule has 0 radical (unpaired) electrons. The number of nitro groups is 1. The average Bonchev–Trinajstić information content (AvgIpc) is 3.08.